The molecule has 106 valence electrons. The third kappa shape index (κ3) is 4.15. The maximum absolute atomic E-state index is 13.0. The third-order valence-corrected chi connectivity index (χ3v) is 4.14. The van der Waals surface area contributed by atoms with Gasteiger partial charge in [0, 0.05) is 11.0 Å². The lowest BCUT2D eigenvalue weighted by molar-refractivity contribution is 0.624. The van der Waals surface area contributed by atoms with Crippen LogP contribution in [0.2, 0.25) is 0 Å². The minimum absolute atomic E-state index is 0.164. The smallest absolute Gasteiger partial charge is 0.123 e. The molecule has 0 aliphatic carbocycles. The molecule has 3 heteroatoms. The second-order valence-electron chi connectivity index (χ2n) is 5.09. The molecule has 0 unspecified atom stereocenters. The zero-order valence-corrected chi connectivity index (χ0v) is 13.4. The Morgan fingerprint density at radius 2 is 1.80 bits per heavy atom. The van der Waals surface area contributed by atoms with Crippen molar-refractivity contribution >= 4 is 15.9 Å². The van der Waals surface area contributed by atoms with E-state index in [1.807, 2.05) is 13.0 Å². The Balaban J connectivity index is 1.84. The largest absolute Gasteiger partial charge is 0.312 e. The molecule has 0 atom stereocenters. The molecule has 0 amide bonds. The number of nitrogens with one attached hydrogen (secondary N) is 1. The maximum Gasteiger partial charge on any atom is 0.123 e. The molecule has 0 radical (unpaired) electrons. The van der Waals surface area contributed by atoms with Crippen molar-refractivity contribution in [3.05, 3.63) is 68.9 Å². The fourth-order valence-electron chi connectivity index (χ4n) is 2.18. The monoisotopic (exact) mass is 335 g/mol. The third-order valence-electron chi connectivity index (χ3n) is 3.40. The second kappa shape index (κ2) is 7.00. The summed E-state index contributed by atoms with van der Waals surface area (Å²) < 4.78 is 14.2. The van der Waals surface area contributed by atoms with Crippen LogP contribution in [0.5, 0.6) is 0 Å². The van der Waals surface area contributed by atoms with Crippen LogP contribution in [0.1, 0.15) is 22.3 Å². The van der Waals surface area contributed by atoms with Crippen molar-refractivity contribution in [3.8, 4) is 0 Å². The van der Waals surface area contributed by atoms with Crippen LogP contribution >= 0.6 is 15.9 Å². The average Bonchev–Trinajstić information content (AvgIpc) is 2.39. The Hall–Kier alpha value is -1.19. The summed E-state index contributed by atoms with van der Waals surface area (Å²) in [7, 11) is 0. The van der Waals surface area contributed by atoms with Crippen LogP contribution in [0, 0.1) is 19.7 Å². The molecular formula is C17H19BrFN. The quantitative estimate of drug-likeness (QED) is 0.791. The Bertz CT molecular complexity index is 542. The van der Waals surface area contributed by atoms with Crippen LogP contribution in [0.15, 0.2) is 40.9 Å². The molecule has 2 rings (SSSR count). The van der Waals surface area contributed by atoms with Gasteiger partial charge in [0.2, 0.25) is 0 Å². The van der Waals surface area contributed by atoms with E-state index in [1.54, 1.807) is 6.07 Å². The molecule has 0 heterocycles. The van der Waals surface area contributed by atoms with Crippen molar-refractivity contribution < 1.29 is 4.39 Å². The van der Waals surface area contributed by atoms with Crippen molar-refractivity contribution in [3.63, 3.8) is 0 Å². The van der Waals surface area contributed by atoms with E-state index in [0.29, 0.717) is 0 Å². The SMILES string of the molecule is Cc1ccc(CNCCc2ccc(F)cc2C)c(Br)c1. The molecule has 0 aliphatic heterocycles. The minimum atomic E-state index is -0.164. The van der Waals surface area contributed by atoms with Gasteiger partial charge in [0.15, 0.2) is 0 Å². The number of benzene rings is 2. The maximum atomic E-state index is 13.0. The van der Waals surface area contributed by atoms with Crippen molar-refractivity contribution in [1.82, 2.24) is 5.32 Å². The van der Waals surface area contributed by atoms with E-state index < -0.39 is 0 Å². The number of hydrogen-bond donors (Lipinski definition) is 1. The summed E-state index contributed by atoms with van der Waals surface area (Å²) in [5, 5.41) is 3.43. The number of rotatable bonds is 5. The summed E-state index contributed by atoms with van der Waals surface area (Å²) in [6.07, 6.45) is 0.912. The highest BCUT2D eigenvalue weighted by atomic mass is 79.9. The highest BCUT2D eigenvalue weighted by molar-refractivity contribution is 9.10. The van der Waals surface area contributed by atoms with E-state index in [0.717, 1.165) is 29.5 Å². The first-order chi connectivity index (χ1) is 9.56. The Morgan fingerprint density at radius 1 is 1.05 bits per heavy atom. The molecule has 0 aromatic heterocycles. The van der Waals surface area contributed by atoms with Gasteiger partial charge >= 0.3 is 0 Å². The lowest BCUT2D eigenvalue weighted by atomic mass is 10.1. The molecule has 0 saturated carbocycles. The predicted octanol–water partition coefficient (Wildman–Crippen LogP) is 4.54. The fraction of sp³-hybridized carbons (Fsp3) is 0.294. The van der Waals surface area contributed by atoms with Gasteiger partial charge in [-0.05, 0) is 67.3 Å². The molecule has 2 aromatic carbocycles. The molecule has 0 aliphatic rings. The predicted molar refractivity (Wildman–Crippen MR) is 85.4 cm³/mol. The number of hydrogen-bond acceptors (Lipinski definition) is 1. The Morgan fingerprint density at radius 3 is 2.50 bits per heavy atom. The molecule has 0 saturated heterocycles. The summed E-state index contributed by atoms with van der Waals surface area (Å²) in [5.74, 6) is -0.164. The zero-order chi connectivity index (χ0) is 14.5. The molecule has 0 fully saturated rings. The van der Waals surface area contributed by atoms with Gasteiger partial charge in [-0.2, -0.15) is 0 Å². The Labute approximate surface area is 128 Å². The van der Waals surface area contributed by atoms with Crippen LogP contribution < -0.4 is 5.32 Å². The number of aryl methyl sites for hydroxylation is 2. The highest BCUT2D eigenvalue weighted by Gasteiger charge is 2.02. The van der Waals surface area contributed by atoms with Gasteiger partial charge in [0.05, 0.1) is 0 Å². The van der Waals surface area contributed by atoms with Gasteiger partial charge in [-0.15, -0.1) is 0 Å². The summed E-state index contributed by atoms with van der Waals surface area (Å²) in [5.41, 5.74) is 4.72. The van der Waals surface area contributed by atoms with E-state index in [-0.39, 0.29) is 5.82 Å². The standard InChI is InChI=1S/C17H19BrFN/c1-12-3-4-15(17(18)9-12)11-20-8-7-14-5-6-16(19)10-13(14)2/h3-6,9-10,20H,7-8,11H2,1-2H3. The van der Waals surface area contributed by atoms with Crippen molar-refractivity contribution in [2.24, 2.45) is 0 Å². The van der Waals surface area contributed by atoms with Crippen molar-refractivity contribution in [1.29, 1.82) is 0 Å². The molecule has 20 heavy (non-hydrogen) atoms. The van der Waals surface area contributed by atoms with Crippen molar-refractivity contribution in [2.75, 3.05) is 6.54 Å². The normalized spacial score (nSPS) is 10.8. The van der Waals surface area contributed by atoms with Gasteiger partial charge in [-0.1, -0.05) is 34.1 Å². The van der Waals surface area contributed by atoms with Gasteiger partial charge in [-0.25, -0.2) is 4.39 Å². The molecule has 1 N–H and O–H groups in total. The molecule has 0 bridgehead atoms. The molecule has 2 aromatic rings. The summed E-state index contributed by atoms with van der Waals surface area (Å²) in [4.78, 5) is 0. The van der Waals surface area contributed by atoms with Crippen molar-refractivity contribution in [2.45, 2.75) is 26.8 Å². The van der Waals surface area contributed by atoms with E-state index in [4.69, 9.17) is 0 Å². The topological polar surface area (TPSA) is 12.0 Å². The number of halogens is 2. The summed E-state index contributed by atoms with van der Waals surface area (Å²) in [6.45, 7) is 5.75. The van der Waals surface area contributed by atoms with E-state index in [1.165, 1.54) is 22.8 Å². The van der Waals surface area contributed by atoms with Crippen LogP contribution in [0.3, 0.4) is 0 Å². The van der Waals surface area contributed by atoms with Crippen LogP contribution in [-0.2, 0) is 13.0 Å². The average molecular weight is 336 g/mol. The van der Waals surface area contributed by atoms with Gasteiger partial charge in [0.1, 0.15) is 5.82 Å². The molecular weight excluding hydrogens is 317 g/mol. The van der Waals surface area contributed by atoms with E-state index in [9.17, 15) is 4.39 Å². The van der Waals surface area contributed by atoms with Gasteiger partial charge < -0.3 is 5.32 Å². The first-order valence-electron chi connectivity index (χ1n) is 6.77. The van der Waals surface area contributed by atoms with Gasteiger partial charge in [0.25, 0.3) is 0 Å². The second-order valence-corrected chi connectivity index (χ2v) is 5.95. The summed E-state index contributed by atoms with van der Waals surface area (Å²) in [6, 6.07) is 11.4. The summed E-state index contributed by atoms with van der Waals surface area (Å²) >= 11 is 3.58. The minimum Gasteiger partial charge on any atom is -0.312 e. The van der Waals surface area contributed by atoms with Crippen LogP contribution in [-0.4, -0.2) is 6.54 Å². The van der Waals surface area contributed by atoms with E-state index in [2.05, 4.69) is 46.4 Å². The lowest BCUT2D eigenvalue weighted by Gasteiger charge is -2.09. The van der Waals surface area contributed by atoms with E-state index >= 15 is 0 Å². The fourth-order valence-corrected chi connectivity index (χ4v) is 2.82. The molecule has 1 nitrogen and oxygen atoms in total. The first-order valence-corrected chi connectivity index (χ1v) is 7.56. The van der Waals surface area contributed by atoms with Crippen LogP contribution in [0.4, 0.5) is 4.39 Å². The lowest BCUT2D eigenvalue weighted by Crippen LogP contribution is -2.17. The first kappa shape index (κ1) is 15.2. The Kier molecular flexibility index (Phi) is 5.32. The highest BCUT2D eigenvalue weighted by Crippen LogP contribution is 2.18. The van der Waals surface area contributed by atoms with Gasteiger partial charge in [-0.3, -0.25) is 0 Å². The molecule has 0 spiro atoms. The van der Waals surface area contributed by atoms with Crippen LogP contribution in [0.25, 0.3) is 0 Å². The zero-order valence-electron chi connectivity index (χ0n) is 11.8.